The maximum Gasteiger partial charge on any atom is 0.256 e. The molecule has 3 N–H and O–H groups in total. The van der Waals surface area contributed by atoms with Gasteiger partial charge in [-0.3, -0.25) is 9.59 Å². The number of primary amides is 1. The van der Waals surface area contributed by atoms with Crippen molar-refractivity contribution in [2.45, 2.75) is 13.3 Å². The van der Waals surface area contributed by atoms with Crippen LogP contribution in [0.25, 0.3) is 0 Å². The van der Waals surface area contributed by atoms with Crippen LogP contribution in [0.1, 0.15) is 36.7 Å². The Bertz CT molecular complexity index is 1150. The first-order valence-corrected chi connectivity index (χ1v) is 10.5. The van der Waals surface area contributed by atoms with Crippen LogP contribution in [0.3, 0.4) is 0 Å². The van der Waals surface area contributed by atoms with Crippen molar-refractivity contribution < 1.29 is 19.1 Å². The number of nitrogens with one attached hydrogen (secondary N) is 1. The average molecular weight is 438 g/mol. The summed E-state index contributed by atoms with van der Waals surface area (Å²) in [6.07, 6.45) is 0.584. The van der Waals surface area contributed by atoms with Gasteiger partial charge in [-0.15, -0.1) is 11.3 Å². The highest BCUT2D eigenvalue weighted by Gasteiger charge is 2.22. The minimum absolute atomic E-state index is 0.217. The second-order valence-electron chi connectivity index (χ2n) is 7.48. The Kier molecular flexibility index (Phi) is 5.56. The van der Waals surface area contributed by atoms with E-state index in [-0.39, 0.29) is 12.7 Å². The highest BCUT2D eigenvalue weighted by Crippen LogP contribution is 2.37. The molecule has 2 heterocycles. The first-order chi connectivity index (χ1) is 14.8. The van der Waals surface area contributed by atoms with E-state index in [1.54, 1.807) is 12.1 Å². The third-order valence-electron chi connectivity index (χ3n) is 5.17. The van der Waals surface area contributed by atoms with Crippen LogP contribution >= 0.6 is 11.3 Å². The molecule has 0 aliphatic carbocycles. The summed E-state index contributed by atoms with van der Waals surface area (Å²) in [6.45, 7) is 2.06. The zero-order chi connectivity index (χ0) is 22.1. The largest absolute Gasteiger partial charge is 0.454 e. The Morgan fingerprint density at radius 1 is 1.10 bits per heavy atom. The summed E-state index contributed by atoms with van der Waals surface area (Å²) in [7, 11) is 3.87. The minimum atomic E-state index is -0.566. The highest BCUT2D eigenvalue weighted by atomic mass is 32.1. The molecule has 2 aromatic carbocycles. The van der Waals surface area contributed by atoms with E-state index in [1.165, 1.54) is 11.3 Å². The lowest BCUT2D eigenvalue weighted by Gasteiger charge is -2.12. The summed E-state index contributed by atoms with van der Waals surface area (Å²) in [5, 5.41) is 3.33. The van der Waals surface area contributed by atoms with Gasteiger partial charge in [0.05, 0.1) is 5.56 Å². The Labute approximate surface area is 184 Å². The van der Waals surface area contributed by atoms with Crippen molar-refractivity contribution in [2.75, 3.05) is 31.1 Å². The Morgan fingerprint density at radius 2 is 1.81 bits per heavy atom. The first kappa shape index (κ1) is 20.7. The number of anilines is 2. The molecule has 0 saturated carbocycles. The van der Waals surface area contributed by atoms with E-state index in [4.69, 9.17) is 15.2 Å². The number of fused-ring (bicyclic) bond motifs is 1. The van der Waals surface area contributed by atoms with Gasteiger partial charge in [-0.25, -0.2) is 0 Å². The fraction of sp³-hybridized carbons (Fsp3) is 0.217. The molecule has 0 bridgehead atoms. The van der Waals surface area contributed by atoms with Crippen LogP contribution in [0.5, 0.6) is 11.5 Å². The number of carbonyl (C=O) groups excluding carboxylic acids is 2. The molecule has 160 valence electrons. The van der Waals surface area contributed by atoms with Crippen molar-refractivity contribution in [3.63, 3.8) is 0 Å². The summed E-state index contributed by atoms with van der Waals surface area (Å²) in [4.78, 5) is 27.8. The van der Waals surface area contributed by atoms with E-state index in [0.717, 1.165) is 27.4 Å². The molecule has 1 aliphatic rings. The van der Waals surface area contributed by atoms with Crippen LogP contribution in [-0.2, 0) is 6.42 Å². The zero-order valence-corrected chi connectivity index (χ0v) is 18.3. The van der Waals surface area contributed by atoms with Gasteiger partial charge in [-0.2, -0.15) is 0 Å². The molecule has 31 heavy (non-hydrogen) atoms. The van der Waals surface area contributed by atoms with E-state index in [0.29, 0.717) is 28.3 Å². The maximum atomic E-state index is 12.8. The van der Waals surface area contributed by atoms with Crippen LogP contribution in [0, 0.1) is 6.92 Å². The monoisotopic (exact) mass is 437 g/mol. The van der Waals surface area contributed by atoms with Crippen LogP contribution < -0.4 is 25.4 Å². The Balaban J connectivity index is 1.59. The Morgan fingerprint density at radius 3 is 2.48 bits per heavy atom. The van der Waals surface area contributed by atoms with Crippen LogP contribution in [0.15, 0.2) is 42.5 Å². The van der Waals surface area contributed by atoms with Gasteiger partial charge in [-0.05, 0) is 54.4 Å². The van der Waals surface area contributed by atoms with E-state index in [2.05, 4.69) is 5.32 Å². The number of nitrogens with two attached hydrogens (primary N) is 1. The standard InChI is InChI=1S/C23H23N3O4S/c1-13-19(11-14-4-9-17-18(10-14)30-12-29-17)31-23(20(13)21(24)27)25-22(28)15-5-7-16(8-6-15)26(2)3/h4-10H,11-12H2,1-3H3,(H2,24,27)(H,25,28). The van der Waals surface area contributed by atoms with Gasteiger partial charge >= 0.3 is 0 Å². The third-order valence-corrected chi connectivity index (χ3v) is 6.37. The van der Waals surface area contributed by atoms with E-state index >= 15 is 0 Å². The van der Waals surface area contributed by atoms with Crippen molar-refractivity contribution >= 4 is 33.8 Å². The van der Waals surface area contributed by atoms with Crippen molar-refractivity contribution in [3.05, 3.63) is 69.6 Å². The molecule has 8 heteroatoms. The van der Waals surface area contributed by atoms with Gasteiger partial charge in [0.15, 0.2) is 11.5 Å². The molecule has 2 amide bonds. The number of amides is 2. The molecular formula is C23H23N3O4S. The van der Waals surface area contributed by atoms with Crippen molar-refractivity contribution in [3.8, 4) is 11.5 Å². The number of carbonyl (C=O) groups is 2. The van der Waals surface area contributed by atoms with Crippen molar-refractivity contribution in [1.82, 2.24) is 0 Å². The summed E-state index contributed by atoms with van der Waals surface area (Å²) < 4.78 is 10.8. The van der Waals surface area contributed by atoms with E-state index in [9.17, 15) is 9.59 Å². The molecule has 0 fully saturated rings. The normalized spacial score (nSPS) is 12.0. The topological polar surface area (TPSA) is 93.9 Å². The lowest BCUT2D eigenvalue weighted by atomic mass is 10.1. The molecule has 4 rings (SSSR count). The molecule has 0 radical (unpaired) electrons. The number of hydrogen-bond donors (Lipinski definition) is 2. The fourth-order valence-corrected chi connectivity index (χ4v) is 4.68. The number of hydrogen-bond acceptors (Lipinski definition) is 6. The average Bonchev–Trinajstić information content (AvgIpc) is 3.32. The third kappa shape index (κ3) is 4.20. The number of rotatable bonds is 6. The van der Waals surface area contributed by atoms with Crippen LogP contribution in [0.4, 0.5) is 10.7 Å². The van der Waals surface area contributed by atoms with Gasteiger partial charge in [0, 0.05) is 36.6 Å². The summed E-state index contributed by atoms with van der Waals surface area (Å²) in [5.41, 5.74) is 9.27. The molecule has 3 aromatic rings. The minimum Gasteiger partial charge on any atom is -0.454 e. The van der Waals surface area contributed by atoms with Crippen molar-refractivity contribution in [1.29, 1.82) is 0 Å². The molecule has 7 nitrogen and oxygen atoms in total. The Hall–Kier alpha value is -3.52. The zero-order valence-electron chi connectivity index (χ0n) is 17.5. The molecule has 0 unspecified atom stereocenters. The molecule has 1 aromatic heterocycles. The molecule has 0 atom stereocenters. The highest BCUT2D eigenvalue weighted by molar-refractivity contribution is 7.17. The van der Waals surface area contributed by atoms with Gasteiger partial charge in [0.1, 0.15) is 5.00 Å². The van der Waals surface area contributed by atoms with Gasteiger partial charge in [0.2, 0.25) is 6.79 Å². The summed E-state index contributed by atoms with van der Waals surface area (Å²) in [6, 6.07) is 13.0. The first-order valence-electron chi connectivity index (χ1n) is 9.73. The number of ether oxygens (including phenoxy) is 2. The maximum absolute atomic E-state index is 12.8. The van der Waals surface area contributed by atoms with Crippen LogP contribution in [0.2, 0.25) is 0 Å². The lowest BCUT2D eigenvalue weighted by Crippen LogP contribution is -2.17. The van der Waals surface area contributed by atoms with Gasteiger partial charge in [-0.1, -0.05) is 6.07 Å². The molecule has 0 spiro atoms. The number of thiophene rings is 1. The predicted molar refractivity (Wildman–Crippen MR) is 122 cm³/mol. The number of benzene rings is 2. The lowest BCUT2D eigenvalue weighted by molar-refractivity contribution is 0.100. The SMILES string of the molecule is Cc1c(Cc2ccc3c(c2)OCO3)sc(NC(=O)c2ccc(N(C)C)cc2)c1C(N)=O. The quantitative estimate of drug-likeness (QED) is 0.612. The van der Waals surface area contributed by atoms with Gasteiger partial charge in [0.25, 0.3) is 11.8 Å². The molecule has 1 aliphatic heterocycles. The predicted octanol–water partition coefficient (Wildman–Crippen LogP) is 3.79. The summed E-state index contributed by atoms with van der Waals surface area (Å²) >= 11 is 1.36. The van der Waals surface area contributed by atoms with Crippen molar-refractivity contribution in [2.24, 2.45) is 5.73 Å². The van der Waals surface area contributed by atoms with E-state index < -0.39 is 5.91 Å². The fourth-order valence-electron chi connectivity index (χ4n) is 3.44. The second-order valence-corrected chi connectivity index (χ2v) is 8.58. The number of nitrogens with zero attached hydrogens (tertiary/aromatic N) is 1. The molecule has 0 saturated heterocycles. The van der Waals surface area contributed by atoms with Crippen LogP contribution in [-0.4, -0.2) is 32.7 Å². The smallest absolute Gasteiger partial charge is 0.256 e. The van der Waals surface area contributed by atoms with E-state index in [1.807, 2.05) is 56.3 Å². The summed E-state index contributed by atoms with van der Waals surface area (Å²) in [5.74, 6) is 0.571. The van der Waals surface area contributed by atoms with Gasteiger partial charge < -0.3 is 25.4 Å². The second kappa shape index (κ2) is 8.31. The molecular weight excluding hydrogens is 414 g/mol.